The topological polar surface area (TPSA) is 57.5 Å². The van der Waals surface area contributed by atoms with Crippen LogP contribution in [0.5, 0.6) is 0 Å². The molecule has 4 aliphatic carbocycles. The van der Waals surface area contributed by atoms with Gasteiger partial charge in [-0.2, -0.15) is 0 Å². The van der Waals surface area contributed by atoms with Gasteiger partial charge in [-0.05, 0) is 74.0 Å². The quantitative estimate of drug-likeness (QED) is 0.579. The molecular weight excluding hydrogens is 380 g/mol. The zero-order valence-electron chi connectivity index (χ0n) is 16.2. The molecule has 0 heterocycles. The van der Waals surface area contributed by atoms with Gasteiger partial charge in [-0.15, -0.1) is 0 Å². The first-order valence-corrected chi connectivity index (χ1v) is 11.2. The largest absolute Gasteiger partial charge is 0.393 e. The lowest BCUT2D eigenvalue weighted by Gasteiger charge is -2.61. The van der Waals surface area contributed by atoms with Crippen LogP contribution >= 0.6 is 15.9 Å². The Morgan fingerprint density at radius 3 is 2.36 bits per heavy atom. The molecule has 0 aromatic heterocycles. The van der Waals surface area contributed by atoms with Gasteiger partial charge in [0.15, 0.2) is 5.78 Å². The number of carbonyl (C=O) groups is 1. The second kappa shape index (κ2) is 6.91. The van der Waals surface area contributed by atoms with Crippen LogP contribution < -0.4 is 0 Å². The van der Waals surface area contributed by atoms with Gasteiger partial charge in [0.05, 0.1) is 17.0 Å². The molecule has 0 spiro atoms. The van der Waals surface area contributed by atoms with E-state index in [-0.39, 0.29) is 33.8 Å². The number of aliphatic hydroxyl groups is 2. The Bertz CT molecular complexity index is 523. The van der Waals surface area contributed by atoms with Crippen LogP contribution in [0.4, 0.5) is 0 Å². The molecule has 4 saturated carbocycles. The summed E-state index contributed by atoms with van der Waals surface area (Å²) < 4.78 is 0. The van der Waals surface area contributed by atoms with Crippen LogP contribution in [0.25, 0.3) is 0 Å². The highest BCUT2D eigenvalue weighted by Crippen LogP contribution is 2.65. The number of aliphatic hydroxyl groups excluding tert-OH is 2. The molecular formula is C21H35BrO3. The summed E-state index contributed by atoms with van der Waals surface area (Å²) in [5.41, 5.74) is -0.00834. The third kappa shape index (κ3) is 2.86. The lowest BCUT2D eigenvalue weighted by molar-refractivity contribution is -0.171. The molecule has 144 valence electrons. The van der Waals surface area contributed by atoms with Gasteiger partial charge in [0, 0.05) is 5.41 Å². The Morgan fingerprint density at radius 2 is 1.68 bits per heavy atom. The van der Waals surface area contributed by atoms with E-state index in [0.717, 1.165) is 44.9 Å². The molecule has 0 saturated heterocycles. The van der Waals surface area contributed by atoms with Crippen molar-refractivity contribution >= 4 is 21.7 Å². The summed E-state index contributed by atoms with van der Waals surface area (Å²) in [6.07, 6.45) is 6.04. The molecule has 0 radical (unpaired) electrons. The molecule has 0 aromatic carbocycles. The van der Waals surface area contributed by atoms with E-state index in [4.69, 9.17) is 0 Å². The number of hydrogen-bond acceptors (Lipinski definition) is 3. The smallest absolute Gasteiger partial charge is 0.152 e. The summed E-state index contributed by atoms with van der Waals surface area (Å²) >= 11 is 3.59. The van der Waals surface area contributed by atoms with Crippen molar-refractivity contribution < 1.29 is 15.0 Å². The molecule has 0 amide bonds. The van der Waals surface area contributed by atoms with Gasteiger partial charge in [-0.3, -0.25) is 4.79 Å². The molecule has 2 N–H and O–H groups in total. The summed E-state index contributed by atoms with van der Waals surface area (Å²) in [5, 5.41) is 21.0. The van der Waals surface area contributed by atoms with Gasteiger partial charge in [0.2, 0.25) is 0 Å². The van der Waals surface area contributed by atoms with E-state index in [9.17, 15) is 15.0 Å². The minimum absolute atomic E-state index is 0.0258. The Kier molecular flexibility index (Phi) is 5.48. The fraction of sp³-hybridized carbons (Fsp3) is 0.952. The Hall–Kier alpha value is 0.0700. The highest BCUT2D eigenvalue weighted by Gasteiger charge is 2.64. The Balaban J connectivity index is 0.000000880. The molecule has 0 bridgehead atoms. The maximum Gasteiger partial charge on any atom is 0.152 e. The molecule has 4 fully saturated rings. The van der Waals surface area contributed by atoms with Gasteiger partial charge >= 0.3 is 0 Å². The first-order valence-electron chi connectivity index (χ1n) is 10.3. The SMILES string of the molecule is CC.C[C@]12CCC3C(C1C[C@@H](Br)C2=O)[C@@H](O)C[C@H]1C[C@@H](O)CC[C@]31C. The number of hydrogen-bond donors (Lipinski definition) is 2. The van der Waals surface area contributed by atoms with E-state index in [1.165, 1.54) is 0 Å². The average molecular weight is 415 g/mol. The Morgan fingerprint density at radius 1 is 1.00 bits per heavy atom. The van der Waals surface area contributed by atoms with Crippen LogP contribution in [0.3, 0.4) is 0 Å². The first kappa shape index (κ1) is 19.8. The van der Waals surface area contributed by atoms with E-state index >= 15 is 0 Å². The predicted molar refractivity (Wildman–Crippen MR) is 104 cm³/mol. The van der Waals surface area contributed by atoms with Crippen LogP contribution in [0.15, 0.2) is 0 Å². The molecule has 4 aliphatic rings. The molecule has 25 heavy (non-hydrogen) atoms. The summed E-state index contributed by atoms with van der Waals surface area (Å²) in [6.45, 7) is 8.54. The van der Waals surface area contributed by atoms with E-state index in [2.05, 4.69) is 29.8 Å². The summed E-state index contributed by atoms with van der Waals surface area (Å²) in [5.74, 6) is 1.88. The molecule has 0 aromatic rings. The van der Waals surface area contributed by atoms with Crippen molar-refractivity contribution in [2.24, 2.45) is 34.5 Å². The van der Waals surface area contributed by atoms with Crippen LogP contribution in [0, 0.1) is 34.5 Å². The first-order chi connectivity index (χ1) is 11.8. The van der Waals surface area contributed by atoms with Crippen LogP contribution in [0.2, 0.25) is 0 Å². The fourth-order valence-corrected chi connectivity index (χ4v) is 7.88. The Labute approximate surface area is 161 Å². The van der Waals surface area contributed by atoms with Crippen LogP contribution in [-0.4, -0.2) is 33.0 Å². The van der Waals surface area contributed by atoms with Gasteiger partial charge in [0.25, 0.3) is 0 Å². The maximum atomic E-state index is 12.7. The van der Waals surface area contributed by atoms with Crippen LogP contribution in [-0.2, 0) is 4.79 Å². The third-order valence-corrected chi connectivity index (χ3v) is 9.14. The van der Waals surface area contributed by atoms with Crippen molar-refractivity contribution in [3.05, 3.63) is 0 Å². The van der Waals surface area contributed by atoms with Gasteiger partial charge in [-0.25, -0.2) is 0 Å². The standard InChI is InChI=1S/C19H29BrO3.C2H6/c1-18-5-3-11(21)7-10(18)8-15(22)16-12(18)4-6-19(2)13(16)9-14(20)17(19)23;1-2/h10-16,21-22H,3-9H2,1-2H3;1-2H3/t10-,11+,12?,13?,14-,15+,16?,18+,19+;/m1./s1. The number of halogens is 1. The van der Waals surface area contributed by atoms with Crippen molar-refractivity contribution in [3.63, 3.8) is 0 Å². The van der Waals surface area contributed by atoms with E-state index in [0.29, 0.717) is 23.5 Å². The average Bonchev–Trinajstić information content (AvgIpc) is 2.82. The van der Waals surface area contributed by atoms with Crippen molar-refractivity contribution in [1.82, 2.24) is 0 Å². The molecule has 4 heteroatoms. The molecule has 3 nitrogen and oxygen atoms in total. The number of carbonyl (C=O) groups excluding carboxylic acids is 1. The normalized spacial score (nSPS) is 54.7. The maximum absolute atomic E-state index is 12.7. The van der Waals surface area contributed by atoms with E-state index in [1.54, 1.807) is 0 Å². The van der Waals surface area contributed by atoms with Crippen molar-refractivity contribution in [1.29, 1.82) is 0 Å². The number of Topliss-reactive ketones (excluding diaryl/α,β-unsaturated/α-hetero) is 1. The van der Waals surface area contributed by atoms with Gasteiger partial charge in [-0.1, -0.05) is 43.6 Å². The second-order valence-corrected chi connectivity index (χ2v) is 10.4. The minimum Gasteiger partial charge on any atom is -0.393 e. The predicted octanol–water partition coefficient (Wildman–Crippen LogP) is 4.33. The number of fused-ring (bicyclic) bond motifs is 5. The van der Waals surface area contributed by atoms with E-state index < -0.39 is 0 Å². The highest BCUT2D eigenvalue weighted by atomic mass is 79.9. The number of ketones is 1. The number of rotatable bonds is 0. The van der Waals surface area contributed by atoms with E-state index in [1.807, 2.05) is 13.8 Å². The van der Waals surface area contributed by atoms with Gasteiger partial charge < -0.3 is 10.2 Å². The van der Waals surface area contributed by atoms with Crippen molar-refractivity contribution in [2.75, 3.05) is 0 Å². The number of alkyl halides is 1. The lowest BCUT2D eigenvalue weighted by Crippen LogP contribution is -2.58. The third-order valence-electron chi connectivity index (χ3n) is 8.35. The summed E-state index contributed by atoms with van der Waals surface area (Å²) in [6, 6.07) is 0. The zero-order chi connectivity index (χ0) is 18.6. The molecule has 9 atom stereocenters. The van der Waals surface area contributed by atoms with Crippen LogP contribution in [0.1, 0.15) is 72.6 Å². The highest BCUT2D eigenvalue weighted by molar-refractivity contribution is 9.10. The minimum atomic E-state index is -0.307. The molecule has 4 rings (SSSR count). The lowest BCUT2D eigenvalue weighted by atomic mass is 9.44. The monoisotopic (exact) mass is 414 g/mol. The van der Waals surface area contributed by atoms with Gasteiger partial charge in [0.1, 0.15) is 0 Å². The summed E-state index contributed by atoms with van der Waals surface area (Å²) in [7, 11) is 0. The van der Waals surface area contributed by atoms with Crippen molar-refractivity contribution in [3.8, 4) is 0 Å². The molecule has 0 aliphatic heterocycles. The van der Waals surface area contributed by atoms with Crippen molar-refractivity contribution in [2.45, 2.75) is 89.7 Å². The second-order valence-electron chi connectivity index (χ2n) is 9.25. The zero-order valence-corrected chi connectivity index (χ0v) is 17.8. The molecule has 3 unspecified atom stereocenters. The summed E-state index contributed by atoms with van der Waals surface area (Å²) in [4.78, 5) is 12.7. The fourth-order valence-electron chi connectivity index (χ4n) is 6.95.